The van der Waals surface area contributed by atoms with Gasteiger partial charge >= 0.3 is 12.1 Å². The van der Waals surface area contributed by atoms with Crippen LogP contribution in [0.1, 0.15) is 6.92 Å². The Morgan fingerprint density at radius 3 is 2.20 bits per heavy atom. The van der Waals surface area contributed by atoms with Crippen LogP contribution in [0.15, 0.2) is 11.8 Å². The molecule has 0 aliphatic carbocycles. The topological polar surface area (TPSA) is 86.6 Å². The average Bonchev–Trinajstić information content (AvgIpc) is 1.82. The zero-order chi connectivity index (χ0) is 8.15. The molecule has 0 fully saturated rings. The smallest absolute Gasteiger partial charge is 0.408 e. The first-order valence-corrected chi connectivity index (χ1v) is 2.43. The van der Waals surface area contributed by atoms with Gasteiger partial charge < -0.3 is 10.2 Å². The Morgan fingerprint density at radius 2 is 1.90 bits per heavy atom. The number of amides is 1. The summed E-state index contributed by atoms with van der Waals surface area (Å²) in [4.78, 5) is 19.8. The molecule has 0 rings (SSSR count). The first kappa shape index (κ1) is 8.48. The molecule has 0 heterocycles. The van der Waals surface area contributed by atoms with Gasteiger partial charge in [0.1, 0.15) is 0 Å². The van der Waals surface area contributed by atoms with Crippen molar-refractivity contribution in [3.63, 3.8) is 0 Å². The van der Waals surface area contributed by atoms with Crippen LogP contribution in [0, 0.1) is 0 Å². The molecule has 0 bridgehead atoms. The molecule has 0 unspecified atom stereocenters. The van der Waals surface area contributed by atoms with Crippen LogP contribution in [0.25, 0.3) is 0 Å². The largest absolute Gasteiger partial charge is 0.478 e. The summed E-state index contributed by atoms with van der Waals surface area (Å²) < 4.78 is 0. The van der Waals surface area contributed by atoms with E-state index in [1.807, 2.05) is 0 Å². The molecule has 10 heavy (non-hydrogen) atoms. The molecule has 5 heteroatoms. The van der Waals surface area contributed by atoms with Gasteiger partial charge in [-0.3, -0.25) is 5.32 Å². The predicted octanol–water partition coefficient (Wildman–Crippen LogP) is 0.242. The fraction of sp³-hybridized carbons (Fsp3) is 0.200. The molecule has 0 spiro atoms. The van der Waals surface area contributed by atoms with Gasteiger partial charge in [0.15, 0.2) is 0 Å². The van der Waals surface area contributed by atoms with Gasteiger partial charge in [0.25, 0.3) is 0 Å². The second kappa shape index (κ2) is 3.49. The zero-order valence-corrected chi connectivity index (χ0v) is 5.29. The second-order valence-corrected chi connectivity index (χ2v) is 1.58. The summed E-state index contributed by atoms with van der Waals surface area (Å²) in [6, 6.07) is 0. The van der Waals surface area contributed by atoms with Gasteiger partial charge in [-0.2, -0.15) is 0 Å². The number of carboxylic acids is 1. The van der Waals surface area contributed by atoms with E-state index in [2.05, 4.69) is 0 Å². The van der Waals surface area contributed by atoms with E-state index in [0.29, 0.717) is 0 Å². The summed E-state index contributed by atoms with van der Waals surface area (Å²) >= 11 is 0. The van der Waals surface area contributed by atoms with Crippen LogP contribution in [-0.2, 0) is 4.79 Å². The molecule has 0 aromatic rings. The van der Waals surface area contributed by atoms with Crippen molar-refractivity contribution in [1.29, 1.82) is 0 Å². The lowest BCUT2D eigenvalue weighted by atomic mass is 10.3. The summed E-state index contributed by atoms with van der Waals surface area (Å²) in [6.07, 6.45) is -0.370. The molecule has 0 atom stereocenters. The minimum Gasteiger partial charge on any atom is -0.478 e. The highest BCUT2D eigenvalue weighted by atomic mass is 16.4. The molecule has 0 aliphatic rings. The SMILES string of the molecule is CC(=CNC(=O)O)C(=O)O. The first-order valence-electron chi connectivity index (χ1n) is 2.43. The van der Waals surface area contributed by atoms with Crippen LogP contribution in [0.5, 0.6) is 0 Å². The normalized spacial score (nSPS) is 10.7. The highest BCUT2D eigenvalue weighted by Gasteiger charge is 1.98. The van der Waals surface area contributed by atoms with Crippen molar-refractivity contribution in [2.24, 2.45) is 0 Å². The van der Waals surface area contributed by atoms with Crippen molar-refractivity contribution in [3.8, 4) is 0 Å². The Hall–Kier alpha value is -1.52. The summed E-state index contributed by atoms with van der Waals surface area (Å²) in [6.45, 7) is 1.29. The van der Waals surface area contributed by atoms with E-state index in [9.17, 15) is 9.59 Å². The Bertz CT molecular complexity index is 184. The predicted molar refractivity (Wildman–Crippen MR) is 32.6 cm³/mol. The molecule has 0 saturated heterocycles. The van der Waals surface area contributed by atoms with Crippen molar-refractivity contribution < 1.29 is 19.8 Å². The molecule has 0 radical (unpaired) electrons. The fourth-order valence-electron chi connectivity index (χ4n) is 0.232. The van der Waals surface area contributed by atoms with E-state index in [4.69, 9.17) is 10.2 Å². The van der Waals surface area contributed by atoms with Gasteiger partial charge in [0.05, 0.1) is 5.57 Å². The fourth-order valence-corrected chi connectivity index (χ4v) is 0.232. The highest BCUT2D eigenvalue weighted by molar-refractivity contribution is 5.86. The van der Waals surface area contributed by atoms with Gasteiger partial charge in [0.2, 0.25) is 0 Å². The molecule has 3 N–H and O–H groups in total. The van der Waals surface area contributed by atoms with Crippen LogP contribution in [-0.4, -0.2) is 22.3 Å². The van der Waals surface area contributed by atoms with Crippen molar-refractivity contribution in [3.05, 3.63) is 11.8 Å². The van der Waals surface area contributed by atoms with Gasteiger partial charge in [-0.05, 0) is 6.92 Å². The van der Waals surface area contributed by atoms with Gasteiger partial charge in [0, 0.05) is 6.20 Å². The van der Waals surface area contributed by atoms with Crippen LogP contribution in [0.2, 0.25) is 0 Å². The minimum atomic E-state index is -1.28. The maximum Gasteiger partial charge on any atom is 0.408 e. The van der Waals surface area contributed by atoms with Gasteiger partial charge in [-0.1, -0.05) is 0 Å². The van der Waals surface area contributed by atoms with E-state index < -0.39 is 12.1 Å². The standard InChI is InChI=1S/C5H7NO4/c1-3(4(7)8)2-6-5(9)10/h2,6H,1H3,(H,7,8)(H,9,10). The van der Waals surface area contributed by atoms with E-state index in [1.165, 1.54) is 6.92 Å². The monoisotopic (exact) mass is 145 g/mol. The average molecular weight is 145 g/mol. The minimum absolute atomic E-state index is 0.0533. The number of hydrogen-bond acceptors (Lipinski definition) is 2. The van der Waals surface area contributed by atoms with Crippen LogP contribution >= 0.6 is 0 Å². The van der Waals surface area contributed by atoms with E-state index in [1.54, 1.807) is 5.32 Å². The van der Waals surface area contributed by atoms with Gasteiger partial charge in [-0.25, -0.2) is 9.59 Å². The first-order chi connectivity index (χ1) is 4.54. The molecule has 5 nitrogen and oxygen atoms in total. The van der Waals surface area contributed by atoms with Crippen LogP contribution in [0.3, 0.4) is 0 Å². The molecule has 0 aromatic carbocycles. The number of carboxylic acid groups (broad SMARTS) is 2. The third-order valence-corrected chi connectivity index (χ3v) is 0.749. The van der Waals surface area contributed by atoms with Crippen molar-refractivity contribution >= 4 is 12.1 Å². The zero-order valence-electron chi connectivity index (χ0n) is 5.29. The van der Waals surface area contributed by atoms with E-state index >= 15 is 0 Å². The number of nitrogens with one attached hydrogen (secondary N) is 1. The third kappa shape index (κ3) is 3.48. The Kier molecular flexibility index (Phi) is 2.96. The quantitative estimate of drug-likeness (QED) is 0.486. The molecule has 56 valence electrons. The molecule has 0 aliphatic heterocycles. The summed E-state index contributed by atoms with van der Waals surface area (Å²) in [5.41, 5.74) is -0.0533. The van der Waals surface area contributed by atoms with Crippen molar-refractivity contribution in [2.75, 3.05) is 0 Å². The summed E-state index contributed by atoms with van der Waals surface area (Å²) in [5.74, 6) is -1.14. The Labute approximate surface area is 57.0 Å². The van der Waals surface area contributed by atoms with E-state index in [0.717, 1.165) is 6.20 Å². The van der Waals surface area contributed by atoms with Crippen LogP contribution in [0.4, 0.5) is 4.79 Å². The number of aliphatic carboxylic acids is 1. The molecular formula is C5H7NO4. The lowest BCUT2D eigenvalue weighted by Crippen LogP contribution is -2.15. The third-order valence-electron chi connectivity index (χ3n) is 0.749. The highest BCUT2D eigenvalue weighted by Crippen LogP contribution is 1.87. The number of carbonyl (C=O) groups is 2. The molecule has 0 saturated carbocycles. The molecular weight excluding hydrogens is 138 g/mol. The maximum atomic E-state index is 10.0. The Balaban J connectivity index is 3.92. The van der Waals surface area contributed by atoms with Crippen LogP contribution < -0.4 is 5.32 Å². The Morgan fingerprint density at radius 1 is 1.40 bits per heavy atom. The number of hydrogen-bond donors (Lipinski definition) is 3. The lowest BCUT2D eigenvalue weighted by molar-refractivity contribution is -0.132. The number of rotatable bonds is 2. The second-order valence-electron chi connectivity index (χ2n) is 1.58. The van der Waals surface area contributed by atoms with Crippen molar-refractivity contribution in [2.45, 2.75) is 6.92 Å². The van der Waals surface area contributed by atoms with Gasteiger partial charge in [-0.15, -0.1) is 0 Å². The van der Waals surface area contributed by atoms with Crippen molar-refractivity contribution in [1.82, 2.24) is 5.32 Å². The maximum absolute atomic E-state index is 10.0. The summed E-state index contributed by atoms with van der Waals surface area (Å²) in [5, 5.41) is 18.0. The summed E-state index contributed by atoms with van der Waals surface area (Å²) in [7, 11) is 0. The molecule has 1 amide bonds. The van der Waals surface area contributed by atoms with E-state index in [-0.39, 0.29) is 5.57 Å². The molecule has 0 aromatic heterocycles. The lowest BCUT2D eigenvalue weighted by Gasteiger charge is -1.91.